The van der Waals surface area contributed by atoms with Crippen LogP contribution in [-0.4, -0.2) is 19.1 Å². The number of nitrogens with one attached hydrogen (secondary N) is 2. The molecule has 0 heterocycles. The number of hydrogen-bond acceptors (Lipinski definition) is 4. The van der Waals surface area contributed by atoms with E-state index in [1.807, 2.05) is 73.7 Å². The van der Waals surface area contributed by atoms with Crippen LogP contribution in [0.5, 0.6) is 5.75 Å². The Bertz CT molecular complexity index is 900. The zero-order valence-electron chi connectivity index (χ0n) is 15.3. The number of hydrogen-bond donors (Lipinski definition) is 2. The first-order valence-corrected chi connectivity index (χ1v) is 9.51. The molecule has 0 saturated heterocycles. The average Bonchev–Trinajstić information content (AvgIpc) is 2.70. The first-order valence-electron chi connectivity index (χ1n) is 8.69. The van der Waals surface area contributed by atoms with Crippen LogP contribution in [0, 0.1) is 0 Å². The smallest absolute Gasteiger partial charge is 0.246 e. The van der Waals surface area contributed by atoms with Gasteiger partial charge < -0.3 is 15.4 Å². The van der Waals surface area contributed by atoms with Crippen LogP contribution in [0.25, 0.3) is 0 Å². The molecule has 0 aliphatic rings. The molecule has 27 heavy (non-hydrogen) atoms. The molecule has 0 aliphatic heterocycles. The van der Waals surface area contributed by atoms with Gasteiger partial charge in [-0.1, -0.05) is 54.2 Å². The number of para-hydroxylation sites is 3. The molecule has 0 fully saturated rings. The summed E-state index contributed by atoms with van der Waals surface area (Å²) in [6, 6.07) is 25.0. The van der Waals surface area contributed by atoms with E-state index >= 15 is 0 Å². The van der Waals surface area contributed by atoms with Crippen molar-refractivity contribution in [3.05, 3.63) is 78.9 Å². The third kappa shape index (κ3) is 5.05. The van der Waals surface area contributed by atoms with E-state index in [1.165, 1.54) is 0 Å². The van der Waals surface area contributed by atoms with Gasteiger partial charge in [-0.2, -0.15) is 0 Å². The van der Waals surface area contributed by atoms with Gasteiger partial charge in [0.25, 0.3) is 0 Å². The maximum Gasteiger partial charge on any atom is 0.246 e. The first-order chi connectivity index (χ1) is 13.2. The van der Waals surface area contributed by atoms with Gasteiger partial charge in [0, 0.05) is 9.79 Å². The highest BCUT2D eigenvalue weighted by molar-refractivity contribution is 7.99. The number of carbonyl (C=O) groups excluding carboxylic acids is 1. The highest BCUT2D eigenvalue weighted by Crippen LogP contribution is 2.33. The van der Waals surface area contributed by atoms with Crippen molar-refractivity contribution in [3.63, 3.8) is 0 Å². The van der Waals surface area contributed by atoms with Gasteiger partial charge in [-0.05, 0) is 43.3 Å². The quantitative estimate of drug-likeness (QED) is 0.587. The number of methoxy groups -OCH3 is 1. The minimum absolute atomic E-state index is 0.109. The Morgan fingerprint density at radius 2 is 1.52 bits per heavy atom. The van der Waals surface area contributed by atoms with Gasteiger partial charge in [-0.3, -0.25) is 4.79 Å². The maximum absolute atomic E-state index is 12.7. The van der Waals surface area contributed by atoms with E-state index in [0.29, 0.717) is 5.75 Å². The summed E-state index contributed by atoms with van der Waals surface area (Å²) in [6.07, 6.45) is 0. The number of amides is 1. The Morgan fingerprint density at radius 1 is 0.889 bits per heavy atom. The number of anilines is 2. The Hall–Kier alpha value is -2.92. The fraction of sp³-hybridized carbons (Fsp3) is 0.136. The van der Waals surface area contributed by atoms with Gasteiger partial charge >= 0.3 is 0 Å². The van der Waals surface area contributed by atoms with Crippen LogP contribution in [0.3, 0.4) is 0 Å². The summed E-state index contributed by atoms with van der Waals surface area (Å²) in [4.78, 5) is 14.8. The van der Waals surface area contributed by atoms with Gasteiger partial charge in [0.05, 0.1) is 18.5 Å². The van der Waals surface area contributed by atoms with Gasteiger partial charge in [0.15, 0.2) is 0 Å². The molecule has 5 heteroatoms. The lowest BCUT2D eigenvalue weighted by Crippen LogP contribution is -2.32. The summed E-state index contributed by atoms with van der Waals surface area (Å²) in [5.74, 6) is 0.596. The van der Waals surface area contributed by atoms with Crippen LogP contribution in [0.4, 0.5) is 11.4 Å². The molecule has 4 nitrogen and oxygen atoms in total. The predicted molar refractivity (Wildman–Crippen MR) is 112 cm³/mol. The number of ether oxygens (including phenoxy) is 1. The van der Waals surface area contributed by atoms with Gasteiger partial charge in [-0.15, -0.1) is 0 Å². The highest BCUT2D eigenvalue weighted by atomic mass is 32.2. The van der Waals surface area contributed by atoms with Crippen molar-refractivity contribution < 1.29 is 9.53 Å². The Morgan fingerprint density at radius 3 is 2.26 bits per heavy atom. The number of carbonyl (C=O) groups is 1. The fourth-order valence-corrected chi connectivity index (χ4v) is 3.50. The van der Waals surface area contributed by atoms with Crippen molar-refractivity contribution >= 4 is 29.0 Å². The maximum atomic E-state index is 12.7. The largest absolute Gasteiger partial charge is 0.495 e. The van der Waals surface area contributed by atoms with E-state index in [9.17, 15) is 4.79 Å². The highest BCUT2D eigenvalue weighted by Gasteiger charge is 2.16. The third-order valence-electron chi connectivity index (χ3n) is 3.99. The topological polar surface area (TPSA) is 50.4 Å². The minimum atomic E-state index is -0.420. The van der Waals surface area contributed by atoms with Crippen molar-refractivity contribution in [2.75, 3.05) is 17.7 Å². The van der Waals surface area contributed by atoms with E-state index in [1.54, 1.807) is 18.9 Å². The molecule has 0 aliphatic carbocycles. The lowest BCUT2D eigenvalue weighted by molar-refractivity contribution is -0.116. The van der Waals surface area contributed by atoms with Crippen LogP contribution < -0.4 is 15.4 Å². The van der Waals surface area contributed by atoms with Crippen LogP contribution >= 0.6 is 11.8 Å². The van der Waals surface area contributed by atoms with Crippen molar-refractivity contribution in [1.82, 2.24) is 0 Å². The number of rotatable bonds is 7. The molecule has 0 radical (unpaired) electrons. The summed E-state index contributed by atoms with van der Waals surface area (Å²) in [5.41, 5.74) is 1.58. The predicted octanol–water partition coefficient (Wildman–Crippen LogP) is 5.29. The minimum Gasteiger partial charge on any atom is -0.495 e. The SMILES string of the molecule is COc1ccccc1N[C@H](C)C(=O)Nc1ccccc1Sc1ccccc1. The van der Waals surface area contributed by atoms with Crippen molar-refractivity contribution in [2.45, 2.75) is 22.8 Å². The second kappa shape index (κ2) is 9.14. The monoisotopic (exact) mass is 378 g/mol. The van der Waals surface area contributed by atoms with Crippen molar-refractivity contribution in [2.24, 2.45) is 0 Å². The fourth-order valence-electron chi connectivity index (χ4n) is 2.58. The summed E-state index contributed by atoms with van der Waals surface area (Å²) >= 11 is 1.62. The zero-order valence-corrected chi connectivity index (χ0v) is 16.1. The Balaban J connectivity index is 1.70. The molecule has 3 rings (SSSR count). The molecule has 1 amide bonds. The Kier molecular flexibility index (Phi) is 6.39. The molecule has 0 saturated carbocycles. The number of benzene rings is 3. The zero-order chi connectivity index (χ0) is 19.1. The van der Waals surface area contributed by atoms with E-state index in [4.69, 9.17) is 4.74 Å². The second-order valence-electron chi connectivity index (χ2n) is 5.97. The van der Waals surface area contributed by atoms with E-state index in [-0.39, 0.29) is 5.91 Å². The molecule has 0 spiro atoms. The van der Waals surface area contributed by atoms with Gasteiger partial charge in [0.2, 0.25) is 5.91 Å². The third-order valence-corrected chi connectivity index (χ3v) is 5.07. The van der Waals surface area contributed by atoms with Gasteiger partial charge in [-0.25, -0.2) is 0 Å². The molecular weight excluding hydrogens is 356 g/mol. The summed E-state index contributed by atoms with van der Waals surface area (Å²) in [6.45, 7) is 1.83. The molecule has 0 aromatic heterocycles. The first kappa shape index (κ1) is 18.9. The van der Waals surface area contributed by atoms with Crippen LogP contribution in [0.1, 0.15) is 6.92 Å². The van der Waals surface area contributed by atoms with Crippen LogP contribution in [0.15, 0.2) is 88.7 Å². The van der Waals surface area contributed by atoms with E-state index < -0.39 is 6.04 Å². The molecule has 138 valence electrons. The molecule has 0 bridgehead atoms. The van der Waals surface area contributed by atoms with Crippen molar-refractivity contribution in [1.29, 1.82) is 0 Å². The molecule has 0 unspecified atom stereocenters. The van der Waals surface area contributed by atoms with E-state index in [0.717, 1.165) is 21.2 Å². The standard InChI is InChI=1S/C22H22N2O2S/c1-16(23-18-12-6-8-14-20(18)26-2)22(25)24-19-13-7-9-15-21(19)27-17-10-4-3-5-11-17/h3-16,23H,1-2H3,(H,24,25)/t16-/m1/s1. The molecule has 3 aromatic rings. The summed E-state index contributed by atoms with van der Waals surface area (Å²) < 4.78 is 5.33. The molecule has 2 N–H and O–H groups in total. The molecular formula is C22H22N2O2S. The lowest BCUT2D eigenvalue weighted by atomic mass is 10.2. The summed E-state index contributed by atoms with van der Waals surface area (Å²) in [7, 11) is 1.61. The second-order valence-corrected chi connectivity index (χ2v) is 7.08. The van der Waals surface area contributed by atoms with E-state index in [2.05, 4.69) is 22.8 Å². The Labute approximate surface area is 164 Å². The van der Waals surface area contributed by atoms with Crippen LogP contribution in [0.2, 0.25) is 0 Å². The normalized spacial score (nSPS) is 11.5. The van der Waals surface area contributed by atoms with Gasteiger partial charge in [0.1, 0.15) is 11.8 Å². The lowest BCUT2D eigenvalue weighted by Gasteiger charge is -2.18. The average molecular weight is 378 g/mol. The molecule has 1 atom stereocenters. The molecule has 3 aromatic carbocycles. The van der Waals surface area contributed by atoms with Crippen molar-refractivity contribution in [3.8, 4) is 5.75 Å². The van der Waals surface area contributed by atoms with Crippen LogP contribution in [-0.2, 0) is 4.79 Å². The summed E-state index contributed by atoms with van der Waals surface area (Å²) in [5, 5.41) is 6.23.